The number of carbonyl (C=O) groups excluding carboxylic acids is 1. The third-order valence-corrected chi connectivity index (χ3v) is 6.18. The van der Waals surface area contributed by atoms with Gasteiger partial charge in [-0.15, -0.1) is 23.1 Å². The minimum Gasteiger partial charge on any atom is -0.469 e. The van der Waals surface area contributed by atoms with E-state index in [1.54, 1.807) is 29.4 Å². The number of rotatable bonds is 7. The van der Waals surface area contributed by atoms with Gasteiger partial charge in [-0.1, -0.05) is 38.1 Å². The standard InChI is InChI=1S/C20H22N2O2S2/c1-13(2)14-6-8-15(9-7-14)16-11-26-20-18(16)19(21-12-22-20)25-10-4-5-17(23)24-3/h6-9,11-13H,4-5,10H2,1-3H3. The largest absolute Gasteiger partial charge is 0.469 e. The number of thiophene rings is 1. The van der Waals surface area contributed by atoms with Crippen molar-refractivity contribution in [1.29, 1.82) is 0 Å². The molecule has 6 heteroatoms. The number of benzene rings is 1. The zero-order valence-corrected chi connectivity index (χ0v) is 16.8. The fourth-order valence-corrected chi connectivity index (χ4v) is 4.64. The maximum absolute atomic E-state index is 11.3. The number of fused-ring (bicyclic) bond motifs is 1. The fraction of sp³-hybridized carbons (Fsp3) is 0.350. The Morgan fingerprint density at radius 2 is 2.00 bits per heavy atom. The molecule has 0 bridgehead atoms. The first-order valence-electron chi connectivity index (χ1n) is 8.62. The summed E-state index contributed by atoms with van der Waals surface area (Å²) in [5, 5.41) is 4.24. The number of esters is 1. The highest BCUT2D eigenvalue weighted by Crippen LogP contribution is 2.38. The molecular weight excluding hydrogens is 364 g/mol. The van der Waals surface area contributed by atoms with Crippen LogP contribution >= 0.6 is 23.1 Å². The summed E-state index contributed by atoms with van der Waals surface area (Å²) in [5.41, 5.74) is 3.70. The Morgan fingerprint density at radius 1 is 1.23 bits per heavy atom. The van der Waals surface area contributed by atoms with Crippen molar-refractivity contribution in [3.63, 3.8) is 0 Å². The number of carbonyl (C=O) groups is 1. The molecule has 0 aliphatic heterocycles. The van der Waals surface area contributed by atoms with E-state index >= 15 is 0 Å². The first-order valence-corrected chi connectivity index (χ1v) is 10.5. The zero-order valence-electron chi connectivity index (χ0n) is 15.2. The second-order valence-corrected chi connectivity index (χ2v) is 8.25. The third kappa shape index (κ3) is 4.24. The summed E-state index contributed by atoms with van der Waals surface area (Å²) in [6.45, 7) is 4.40. The Kier molecular flexibility index (Phi) is 6.27. The summed E-state index contributed by atoms with van der Waals surface area (Å²) in [6, 6.07) is 8.73. The second-order valence-electron chi connectivity index (χ2n) is 6.31. The highest BCUT2D eigenvalue weighted by atomic mass is 32.2. The van der Waals surface area contributed by atoms with Crippen LogP contribution in [0.25, 0.3) is 21.3 Å². The molecule has 26 heavy (non-hydrogen) atoms. The molecule has 0 radical (unpaired) electrons. The van der Waals surface area contributed by atoms with Crippen molar-refractivity contribution in [3.8, 4) is 11.1 Å². The van der Waals surface area contributed by atoms with Crippen LogP contribution in [-0.2, 0) is 9.53 Å². The van der Waals surface area contributed by atoms with Crippen LogP contribution in [0.1, 0.15) is 38.2 Å². The fourth-order valence-electron chi connectivity index (χ4n) is 2.70. The number of nitrogens with zero attached hydrogens (tertiary/aromatic N) is 2. The third-order valence-electron chi connectivity index (χ3n) is 4.22. The van der Waals surface area contributed by atoms with E-state index in [4.69, 9.17) is 4.74 Å². The number of thioether (sulfide) groups is 1. The molecule has 3 aromatic rings. The van der Waals surface area contributed by atoms with Crippen molar-refractivity contribution in [3.05, 3.63) is 41.5 Å². The molecule has 0 atom stereocenters. The monoisotopic (exact) mass is 386 g/mol. The van der Waals surface area contributed by atoms with Crippen molar-refractivity contribution < 1.29 is 9.53 Å². The predicted octanol–water partition coefficient (Wildman–Crippen LogP) is 5.53. The molecule has 136 valence electrons. The summed E-state index contributed by atoms with van der Waals surface area (Å²) in [4.78, 5) is 21.2. The SMILES string of the molecule is COC(=O)CCCSc1ncnc2scc(-c3ccc(C(C)C)cc3)c12. The average molecular weight is 387 g/mol. The van der Waals surface area contributed by atoms with Crippen molar-refractivity contribution in [1.82, 2.24) is 9.97 Å². The van der Waals surface area contributed by atoms with Crippen molar-refractivity contribution in [2.45, 2.75) is 37.6 Å². The average Bonchev–Trinajstić information content (AvgIpc) is 3.10. The van der Waals surface area contributed by atoms with Gasteiger partial charge in [-0.05, 0) is 23.5 Å². The maximum Gasteiger partial charge on any atom is 0.305 e. The van der Waals surface area contributed by atoms with Gasteiger partial charge in [0.2, 0.25) is 0 Å². The molecule has 2 aromatic heterocycles. The van der Waals surface area contributed by atoms with Crippen LogP contribution in [0.4, 0.5) is 0 Å². The van der Waals surface area contributed by atoms with Crippen LogP contribution in [0, 0.1) is 0 Å². The van der Waals surface area contributed by atoms with Crippen LogP contribution in [0.3, 0.4) is 0 Å². The molecule has 0 saturated carbocycles. The molecule has 0 saturated heterocycles. The molecule has 0 amide bonds. The minimum absolute atomic E-state index is 0.167. The number of hydrogen-bond donors (Lipinski definition) is 0. The predicted molar refractivity (Wildman–Crippen MR) is 109 cm³/mol. The summed E-state index contributed by atoms with van der Waals surface area (Å²) >= 11 is 3.31. The van der Waals surface area contributed by atoms with Gasteiger partial charge in [0.25, 0.3) is 0 Å². The van der Waals surface area contributed by atoms with Crippen molar-refractivity contribution in [2.24, 2.45) is 0 Å². The van der Waals surface area contributed by atoms with Gasteiger partial charge in [-0.25, -0.2) is 9.97 Å². The van der Waals surface area contributed by atoms with E-state index in [0.717, 1.165) is 27.4 Å². The number of ether oxygens (including phenoxy) is 1. The molecule has 4 nitrogen and oxygen atoms in total. The Labute approximate surface area is 162 Å². The minimum atomic E-state index is -0.167. The van der Waals surface area contributed by atoms with E-state index in [-0.39, 0.29) is 5.97 Å². The van der Waals surface area contributed by atoms with Crippen LogP contribution < -0.4 is 0 Å². The van der Waals surface area contributed by atoms with E-state index in [2.05, 4.69) is 53.5 Å². The topological polar surface area (TPSA) is 52.1 Å². The van der Waals surface area contributed by atoms with Crippen LogP contribution in [0.5, 0.6) is 0 Å². The molecule has 1 aromatic carbocycles. The summed E-state index contributed by atoms with van der Waals surface area (Å²) in [6.07, 6.45) is 2.82. The maximum atomic E-state index is 11.3. The van der Waals surface area contributed by atoms with Crippen LogP contribution in [0.15, 0.2) is 41.0 Å². The lowest BCUT2D eigenvalue weighted by atomic mass is 9.99. The molecule has 0 aliphatic rings. The molecule has 0 fully saturated rings. The Morgan fingerprint density at radius 3 is 2.69 bits per heavy atom. The van der Waals surface area contributed by atoms with Gasteiger partial charge in [0.05, 0.1) is 12.5 Å². The molecule has 0 unspecified atom stereocenters. The second kappa shape index (κ2) is 8.64. The van der Waals surface area contributed by atoms with Gasteiger partial charge >= 0.3 is 5.97 Å². The number of aromatic nitrogens is 2. The molecule has 0 N–H and O–H groups in total. The lowest BCUT2D eigenvalue weighted by Crippen LogP contribution is -2.00. The summed E-state index contributed by atoms with van der Waals surface area (Å²) in [7, 11) is 1.42. The highest BCUT2D eigenvalue weighted by Gasteiger charge is 2.14. The van der Waals surface area contributed by atoms with Gasteiger partial charge in [-0.2, -0.15) is 0 Å². The normalized spacial score (nSPS) is 11.2. The van der Waals surface area contributed by atoms with E-state index in [0.29, 0.717) is 12.3 Å². The van der Waals surface area contributed by atoms with Gasteiger partial charge in [0, 0.05) is 23.1 Å². The first-order chi connectivity index (χ1) is 12.6. The van der Waals surface area contributed by atoms with Crippen molar-refractivity contribution in [2.75, 3.05) is 12.9 Å². The highest BCUT2D eigenvalue weighted by molar-refractivity contribution is 7.99. The van der Waals surface area contributed by atoms with E-state index in [9.17, 15) is 4.79 Å². The Bertz CT molecular complexity index is 888. The first kappa shape index (κ1) is 18.9. The van der Waals surface area contributed by atoms with Gasteiger partial charge in [-0.3, -0.25) is 4.79 Å². The molecule has 0 spiro atoms. The van der Waals surface area contributed by atoms with Crippen molar-refractivity contribution >= 4 is 39.3 Å². The molecule has 2 heterocycles. The van der Waals surface area contributed by atoms with Crippen LogP contribution in [-0.4, -0.2) is 28.8 Å². The summed E-state index contributed by atoms with van der Waals surface area (Å²) < 4.78 is 4.69. The molecule has 0 aliphatic carbocycles. The summed E-state index contributed by atoms with van der Waals surface area (Å²) in [5.74, 6) is 1.18. The van der Waals surface area contributed by atoms with Crippen LogP contribution in [0.2, 0.25) is 0 Å². The molecule has 3 rings (SSSR count). The lowest BCUT2D eigenvalue weighted by molar-refractivity contribution is -0.140. The van der Waals surface area contributed by atoms with E-state index in [1.807, 2.05) is 0 Å². The Balaban J connectivity index is 1.84. The number of hydrogen-bond acceptors (Lipinski definition) is 6. The zero-order chi connectivity index (χ0) is 18.5. The van der Waals surface area contributed by atoms with Gasteiger partial charge in [0.1, 0.15) is 16.2 Å². The smallest absolute Gasteiger partial charge is 0.305 e. The number of methoxy groups -OCH3 is 1. The Hall–Kier alpha value is -1.92. The van der Waals surface area contributed by atoms with E-state index < -0.39 is 0 Å². The van der Waals surface area contributed by atoms with E-state index in [1.165, 1.54) is 23.8 Å². The van der Waals surface area contributed by atoms with Gasteiger partial charge < -0.3 is 4.74 Å². The lowest BCUT2D eigenvalue weighted by Gasteiger charge is -2.08. The molecular formula is C20H22N2O2S2. The van der Waals surface area contributed by atoms with Gasteiger partial charge in [0.15, 0.2) is 0 Å². The quantitative estimate of drug-likeness (QED) is 0.231.